The van der Waals surface area contributed by atoms with Crippen LogP contribution in [0.5, 0.6) is 0 Å². The maximum absolute atomic E-state index is 2.60. The minimum absolute atomic E-state index is 0.332. The third-order valence-electron chi connectivity index (χ3n) is 13.8. The number of fused-ring (bicyclic) bond motifs is 3. The Hall–Kier alpha value is -5.20. The fraction of sp³-hybridized carbons (Fsp3) is 0.286. The first-order chi connectivity index (χ1) is 27.7. The molecule has 5 unspecified atom stereocenters. The van der Waals surface area contributed by atoms with Gasteiger partial charge in [0.05, 0.1) is 0 Å². The smallest absolute Gasteiger partial charge is 0.0134 e. The normalized spacial score (nSPS) is 29.2. The molecule has 0 fully saturated rings. The summed E-state index contributed by atoms with van der Waals surface area (Å²) in [5, 5.41) is 2.87. The highest BCUT2D eigenvalue weighted by Crippen LogP contribution is 2.46. The number of allylic oxidation sites excluding steroid dienone is 32. The summed E-state index contributed by atoms with van der Waals surface area (Å²) in [6, 6.07) is 9.35. The Labute approximate surface area is 334 Å². The van der Waals surface area contributed by atoms with Crippen molar-refractivity contribution in [1.82, 2.24) is 0 Å². The minimum atomic E-state index is 0.332. The van der Waals surface area contributed by atoms with Crippen molar-refractivity contribution in [3.63, 3.8) is 0 Å². The highest BCUT2D eigenvalue weighted by atomic mass is 14.4. The zero-order chi connectivity index (χ0) is 37.3. The van der Waals surface area contributed by atoms with Gasteiger partial charge in [0.15, 0.2) is 0 Å². The number of rotatable bonds is 7. The van der Waals surface area contributed by atoms with Crippen molar-refractivity contribution in [2.45, 2.75) is 70.6 Å². The monoisotopic (exact) mass is 726 g/mol. The molecule has 9 aliphatic carbocycles. The standard InChI is InChI=1S/C56H54/c1-3-13-41(14-4-1)48-36-49(42-15-5-2-6-16-42)38-50(37-48)56-53-21-11-9-19-51(53)55(52-20-10-12-22-54(52)56)45-31-27-40(28-32-45)24-23-39-25-29-44(30-26-39)47-34-33-43-17-7-8-18-46(43)35-47/h1,3-5,7,9-13,15-17,19-25,27,29,31,33-34,36,38,41,46,48,51,53H,2,6,8,14,18,26,28,30,32,35,37H2. The Bertz CT molecular complexity index is 2450. The summed E-state index contributed by atoms with van der Waals surface area (Å²) >= 11 is 0. The van der Waals surface area contributed by atoms with Crippen LogP contribution < -0.4 is 10.4 Å². The van der Waals surface area contributed by atoms with E-state index in [1.165, 1.54) is 74.3 Å². The van der Waals surface area contributed by atoms with Gasteiger partial charge in [0.2, 0.25) is 0 Å². The van der Waals surface area contributed by atoms with Crippen LogP contribution in [0.1, 0.15) is 70.6 Å². The maximum Gasteiger partial charge on any atom is 0.0134 e. The maximum atomic E-state index is 2.60. The van der Waals surface area contributed by atoms with Crippen LogP contribution in [-0.2, 0) is 0 Å². The Kier molecular flexibility index (Phi) is 9.90. The third kappa shape index (κ3) is 7.05. The second-order valence-electron chi connectivity index (χ2n) is 17.1. The summed E-state index contributed by atoms with van der Waals surface area (Å²) in [6.45, 7) is 0. The second-order valence-corrected chi connectivity index (χ2v) is 17.1. The molecule has 0 spiro atoms. The van der Waals surface area contributed by atoms with Crippen LogP contribution in [0.3, 0.4) is 0 Å². The SMILES string of the molecule is C1=CCC(C2C=C(C3=CCCC=C3)C=C(C3=c4ccccc4=C(C4=CC=C(C=CC5=CC=C(C6=CC=C7C=CCCC7C6)CC5)CC4)C4C=CC=CC34)C2)C=C1. The molecule has 1 aromatic carbocycles. The van der Waals surface area contributed by atoms with E-state index in [9.17, 15) is 0 Å². The molecule has 0 nitrogen and oxygen atoms in total. The summed E-state index contributed by atoms with van der Waals surface area (Å²) < 4.78 is 0. The molecule has 56 heavy (non-hydrogen) atoms. The van der Waals surface area contributed by atoms with Crippen molar-refractivity contribution in [1.29, 1.82) is 0 Å². The summed E-state index contributed by atoms with van der Waals surface area (Å²) in [5.41, 5.74) is 16.4. The molecule has 0 N–H and O–H groups in total. The van der Waals surface area contributed by atoms with Gasteiger partial charge in [-0.2, -0.15) is 0 Å². The fourth-order valence-corrected chi connectivity index (χ4v) is 10.8. The molecule has 0 saturated heterocycles. The van der Waals surface area contributed by atoms with Crippen LogP contribution >= 0.6 is 0 Å². The van der Waals surface area contributed by atoms with Gasteiger partial charge in [-0.05, 0) is 160 Å². The number of benzene rings is 1. The van der Waals surface area contributed by atoms with Gasteiger partial charge in [0.25, 0.3) is 0 Å². The van der Waals surface area contributed by atoms with Crippen molar-refractivity contribution in [2.75, 3.05) is 0 Å². The molecule has 0 aliphatic heterocycles. The molecule has 0 amide bonds. The van der Waals surface area contributed by atoms with Gasteiger partial charge in [-0.1, -0.05) is 164 Å². The fourth-order valence-electron chi connectivity index (χ4n) is 10.8. The van der Waals surface area contributed by atoms with Gasteiger partial charge in [0.1, 0.15) is 0 Å². The van der Waals surface area contributed by atoms with E-state index in [4.69, 9.17) is 0 Å². The van der Waals surface area contributed by atoms with Crippen molar-refractivity contribution in [2.24, 2.45) is 29.6 Å². The van der Waals surface area contributed by atoms with Crippen LogP contribution in [0.25, 0.3) is 11.1 Å². The molecule has 0 heteroatoms. The third-order valence-corrected chi connectivity index (χ3v) is 13.8. The molecule has 0 bridgehead atoms. The molecular weight excluding hydrogens is 673 g/mol. The van der Waals surface area contributed by atoms with Crippen LogP contribution in [0.15, 0.2) is 214 Å². The highest BCUT2D eigenvalue weighted by Gasteiger charge is 2.35. The van der Waals surface area contributed by atoms with E-state index >= 15 is 0 Å². The number of hydrogen-bond donors (Lipinski definition) is 0. The molecule has 5 atom stereocenters. The second kappa shape index (κ2) is 15.7. The molecule has 10 rings (SSSR count). The lowest BCUT2D eigenvalue weighted by molar-refractivity contribution is 0.468. The molecule has 1 aromatic rings. The minimum Gasteiger partial charge on any atom is -0.0842 e. The van der Waals surface area contributed by atoms with Crippen LogP contribution in [0.2, 0.25) is 0 Å². The summed E-state index contributed by atoms with van der Waals surface area (Å²) in [5.74, 6) is 2.42. The van der Waals surface area contributed by atoms with Crippen molar-refractivity contribution >= 4 is 11.1 Å². The average Bonchev–Trinajstić information content (AvgIpc) is 3.28. The van der Waals surface area contributed by atoms with Gasteiger partial charge in [-0.3, -0.25) is 0 Å². The molecule has 0 radical (unpaired) electrons. The van der Waals surface area contributed by atoms with Crippen molar-refractivity contribution in [3.8, 4) is 0 Å². The Morgan fingerprint density at radius 3 is 1.95 bits per heavy atom. The van der Waals surface area contributed by atoms with E-state index in [2.05, 4.69) is 164 Å². The van der Waals surface area contributed by atoms with E-state index < -0.39 is 0 Å². The molecular formula is C56H54. The molecule has 0 saturated carbocycles. The lowest BCUT2D eigenvalue weighted by Gasteiger charge is -2.37. The van der Waals surface area contributed by atoms with Crippen LogP contribution in [0.4, 0.5) is 0 Å². The zero-order valence-electron chi connectivity index (χ0n) is 32.8. The quantitative estimate of drug-likeness (QED) is 0.262. The lowest BCUT2D eigenvalue weighted by atomic mass is 9.66. The van der Waals surface area contributed by atoms with Gasteiger partial charge in [0, 0.05) is 11.8 Å². The highest BCUT2D eigenvalue weighted by molar-refractivity contribution is 5.81. The van der Waals surface area contributed by atoms with Gasteiger partial charge >= 0.3 is 0 Å². The van der Waals surface area contributed by atoms with Gasteiger partial charge in [-0.15, -0.1) is 0 Å². The van der Waals surface area contributed by atoms with Crippen LogP contribution in [-0.4, -0.2) is 0 Å². The Morgan fingerprint density at radius 2 is 1.25 bits per heavy atom. The first-order valence-corrected chi connectivity index (χ1v) is 21.6. The van der Waals surface area contributed by atoms with E-state index in [0.29, 0.717) is 23.7 Å². The number of hydrogen-bond acceptors (Lipinski definition) is 0. The summed E-state index contributed by atoms with van der Waals surface area (Å²) in [7, 11) is 0. The van der Waals surface area contributed by atoms with Gasteiger partial charge in [-0.25, -0.2) is 0 Å². The molecule has 0 heterocycles. The lowest BCUT2D eigenvalue weighted by Crippen LogP contribution is -2.41. The molecule has 278 valence electrons. The largest absolute Gasteiger partial charge is 0.0842 e. The van der Waals surface area contributed by atoms with E-state index in [0.717, 1.165) is 57.3 Å². The summed E-state index contributed by atoms with van der Waals surface area (Å²) in [4.78, 5) is 0. The predicted molar refractivity (Wildman–Crippen MR) is 237 cm³/mol. The van der Waals surface area contributed by atoms with Gasteiger partial charge < -0.3 is 0 Å². The molecule has 0 aromatic heterocycles. The van der Waals surface area contributed by atoms with E-state index in [1.807, 2.05) is 0 Å². The van der Waals surface area contributed by atoms with Crippen molar-refractivity contribution in [3.05, 3.63) is 225 Å². The topological polar surface area (TPSA) is 0 Å². The predicted octanol–water partition coefficient (Wildman–Crippen LogP) is 12.7. The van der Waals surface area contributed by atoms with Crippen LogP contribution in [0, 0.1) is 29.6 Å². The first-order valence-electron chi connectivity index (χ1n) is 21.6. The first kappa shape index (κ1) is 35.2. The Morgan fingerprint density at radius 1 is 0.536 bits per heavy atom. The molecule has 9 aliphatic rings. The zero-order valence-corrected chi connectivity index (χ0v) is 32.8. The Balaban J connectivity index is 0.964. The summed E-state index contributed by atoms with van der Waals surface area (Å²) in [6.07, 6.45) is 67.8. The van der Waals surface area contributed by atoms with E-state index in [1.54, 1.807) is 16.7 Å². The van der Waals surface area contributed by atoms with E-state index in [-0.39, 0.29) is 0 Å². The van der Waals surface area contributed by atoms with Crippen molar-refractivity contribution < 1.29 is 0 Å². The average molecular weight is 727 g/mol.